The Morgan fingerprint density at radius 1 is 1.00 bits per heavy atom. The van der Waals surface area contributed by atoms with E-state index in [1.807, 2.05) is 50.2 Å². The van der Waals surface area contributed by atoms with Crippen LogP contribution in [0, 0.1) is 13.8 Å². The largest absolute Gasteiger partial charge is 0.298 e. The normalized spacial score (nSPS) is 10.3. The van der Waals surface area contributed by atoms with Crippen molar-refractivity contribution >= 4 is 17.9 Å². The molecule has 0 N–H and O–H groups in total. The van der Waals surface area contributed by atoms with Crippen molar-refractivity contribution in [2.45, 2.75) is 13.8 Å². The molecule has 0 spiro atoms. The van der Waals surface area contributed by atoms with E-state index in [4.69, 9.17) is 11.6 Å². The van der Waals surface area contributed by atoms with Crippen molar-refractivity contribution in [1.29, 1.82) is 0 Å². The average Bonchev–Trinajstić information content (AvgIpc) is 2.30. The fourth-order valence-electron chi connectivity index (χ4n) is 1.95. The van der Waals surface area contributed by atoms with Crippen LogP contribution in [0.25, 0.3) is 11.1 Å². The lowest BCUT2D eigenvalue weighted by Crippen LogP contribution is -1.91. The summed E-state index contributed by atoms with van der Waals surface area (Å²) in [6.45, 7) is 3.97. The summed E-state index contributed by atoms with van der Waals surface area (Å²) in [6.07, 6.45) is 0.899. The van der Waals surface area contributed by atoms with Gasteiger partial charge in [-0.2, -0.15) is 0 Å². The van der Waals surface area contributed by atoms with Crippen LogP contribution in [0.2, 0.25) is 5.02 Å². The first-order valence-corrected chi connectivity index (χ1v) is 5.82. The zero-order valence-electron chi connectivity index (χ0n) is 9.83. The predicted molar refractivity (Wildman–Crippen MR) is 71.7 cm³/mol. The minimum absolute atomic E-state index is 0.714. The van der Waals surface area contributed by atoms with Gasteiger partial charge in [-0.1, -0.05) is 35.4 Å². The number of halogens is 1. The summed E-state index contributed by atoms with van der Waals surface area (Å²) in [4.78, 5) is 11.1. The van der Waals surface area contributed by atoms with Crippen LogP contribution in [0.5, 0.6) is 0 Å². The SMILES string of the molecule is Cc1ccc(-c2ccc(Cl)cc2C)c(C=O)c1. The van der Waals surface area contributed by atoms with Gasteiger partial charge in [0.15, 0.2) is 6.29 Å². The van der Waals surface area contributed by atoms with E-state index < -0.39 is 0 Å². The Balaban J connectivity index is 2.63. The van der Waals surface area contributed by atoms with Gasteiger partial charge < -0.3 is 0 Å². The molecule has 0 aliphatic carbocycles. The summed E-state index contributed by atoms with van der Waals surface area (Å²) in [5, 5.41) is 0.714. The average molecular weight is 245 g/mol. The van der Waals surface area contributed by atoms with Gasteiger partial charge in [0.05, 0.1) is 0 Å². The Labute approximate surface area is 106 Å². The Bertz CT molecular complexity index is 573. The van der Waals surface area contributed by atoms with Crippen molar-refractivity contribution in [2.24, 2.45) is 0 Å². The van der Waals surface area contributed by atoms with Crippen molar-refractivity contribution in [3.05, 3.63) is 58.1 Å². The van der Waals surface area contributed by atoms with Gasteiger partial charge in [0.2, 0.25) is 0 Å². The fraction of sp³-hybridized carbons (Fsp3) is 0.133. The Hall–Kier alpha value is -1.60. The summed E-state index contributed by atoms with van der Waals surface area (Å²) in [7, 11) is 0. The number of carbonyl (C=O) groups excluding carboxylic acids is 1. The van der Waals surface area contributed by atoms with Gasteiger partial charge in [-0.3, -0.25) is 4.79 Å². The van der Waals surface area contributed by atoms with Crippen LogP contribution in [-0.4, -0.2) is 6.29 Å². The molecule has 0 fully saturated rings. The summed E-state index contributed by atoms with van der Waals surface area (Å²) in [6, 6.07) is 11.6. The third kappa shape index (κ3) is 2.40. The number of rotatable bonds is 2. The Morgan fingerprint density at radius 2 is 1.71 bits per heavy atom. The third-order valence-corrected chi connectivity index (χ3v) is 3.05. The van der Waals surface area contributed by atoms with Gasteiger partial charge in [-0.25, -0.2) is 0 Å². The second kappa shape index (κ2) is 4.72. The number of carbonyl (C=O) groups is 1. The molecule has 2 aromatic carbocycles. The van der Waals surface area contributed by atoms with E-state index in [0.29, 0.717) is 5.02 Å². The molecule has 0 radical (unpaired) electrons. The van der Waals surface area contributed by atoms with Gasteiger partial charge in [0, 0.05) is 10.6 Å². The van der Waals surface area contributed by atoms with Crippen LogP contribution in [0.4, 0.5) is 0 Å². The lowest BCUT2D eigenvalue weighted by atomic mass is 9.95. The maximum Gasteiger partial charge on any atom is 0.150 e. The molecule has 0 heterocycles. The molecule has 0 aliphatic rings. The lowest BCUT2D eigenvalue weighted by molar-refractivity contribution is 0.112. The van der Waals surface area contributed by atoms with Crippen LogP contribution < -0.4 is 0 Å². The maximum atomic E-state index is 11.1. The van der Waals surface area contributed by atoms with Crippen molar-refractivity contribution in [3.63, 3.8) is 0 Å². The predicted octanol–water partition coefficient (Wildman–Crippen LogP) is 4.44. The van der Waals surface area contributed by atoms with Gasteiger partial charge in [-0.15, -0.1) is 0 Å². The summed E-state index contributed by atoms with van der Waals surface area (Å²) in [5.41, 5.74) is 4.89. The summed E-state index contributed by atoms with van der Waals surface area (Å²) >= 11 is 5.93. The van der Waals surface area contributed by atoms with E-state index in [1.54, 1.807) is 0 Å². The Kier molecular flexibility index (Phi) is 3.30. The van der Waals surface area contributed by atoms with E-state index in [2.05, 4.69) is 0 Å². The quantitative estimate of drug-likeness (QED) is 0.714. The minimum Gasteiger partial charge on any atom is -0.298 e. The summed E-state index contributed by atoms with van der Waals surface area (Å²) < 4.78 is 0. The highest BCUT2D eigenvalue weighted by Gasteiger charge is 2.07. The van der Waals surface area contributed by atoms with E-state index in [-0.39, 0.29) is 0 Å². The number of hydrogen-bond donors (Lipinski definition) is 0. The number of aldehydes is 1. The fourth-order valence-corrected chi connectivity index (χ4v) is 2.18. The van der Waals surface area contributed by atoms with Crippen LogP contribution in [-0.2, 0) is 0 Å². The number of hydrogen-bond acceptors (Lipinski definition) is 1. The topological polar surface area (TPSA) is 17.1 Å². The lowest BCUT2D eigenvalue weighted by Gasteiger charge is -2.09. The summed E-state index contributed by atoms with van der Waals surface area (Å²) in [5.74, 6) is 0. The van der Waals surface area contributed by atoms with Crippen molar-refractivity contribution in [2.75, 3.05) is 0 Å². The van der Waals surface area contributed by atoms with Crippen LogP contribution in [0.15, 0.2) is 36.4 Å². The molecule has 0 amide bonds. The highest BCUT2D eigenvalue weighted by Crippen LogP contribution is 2.28. The van der Waals surface area contributed by atoms with E-state index in [1.165, 1.54) is 0 Å². The third-order valence-electron chi connectivity index (χ3n) is 2.81. The molecule has 0 aromatic heterocycles. The van der Waals surface area contributed by atoms with Gasteiger partial charge >= 0.3 is 0 Å². The molecular formula is C15H13ClO. The molecule has 0 aliphatic heterocycles. The molecule has 1 nitrogen and oxygen atoms in total. The highest BCUT2D eigenvalue weighted by molar-refractivity contribution is 6.30. The van der Waals surface area contributed by atoms with E-state index in [9.17, 15) is 4.79 Å². The van der Waals surface area contributed by atoms with E-state index in [0.717, 1.165) is 34.1 Å². The first-order valence-electron chi connectivity index (χ1n) is 5.44. The molecule has 0 atom stereocenters. The molecule has 0 bridgehead atoms. The zero-order valence-corrected chi connectivity index (χ0v) is 10.6. The second-order valence-electron chi connectivity index (χ2n) is 4.17. The smallest absolute Gasteiger partial charge is 0.150 e. The van der Waals surface area contributed by atoms with Gasteiger partial charge in [-0.05, 0) is 48.7 Å². The molecule has 0 saturated heterocycles. The zero-order chi connectivity index (χ0) is 12.4. The van der Waals surface area contributed by atoms with Crippen molar-refractivity contribution < 1.29 is 4.79 Å². The molecule has 2 aromatic rings. The van der Waals surface area contributed by atoms with E-state index >= 15 is 0 Å². The van der Waals surface area contributed by atoms with Gasteiger partial charge in [0.25, 0.3) is 0 Å². The second-order valence-corrected chi connectivity index (χ2v) is 4.60. The number of benzene rings is 2. The highest BCUT2D eigenvalue weighted by atomic mass is 35.5. The molecular weight excluding hydrogens is 232 g/mol. The standard InChI is InChI=1S/C15H13ClO/c1-10-3-5-15(12(7-10)9-17)14-6-4-13(16)8-11(14)2/h3-9H,1-2H3. The minimum atomic E-state index is 0.714. The number of aryl methyl sites for hydroxylation is 2. The van der Waals surface area contributed by atoms with Crippen LogP contribution >= 0.6 is 11.6 Å². The monoisotopic (exact) mass is 244 g/mol. The van der Waals surface area contributed by atoms with Crippen LogP contribution in [0.3, 0.4) is 0 Å². The molecule has 2 rings (SSSR count). The maximum absolute atomic E-state index is 11.1. The Morgan fingerprint density at radius 3 is 2.35 bits per heavy atom. The van der Waals surface area contributed by atoms with Crippen LogP contribution in [0.1, 0.15) is 21.5 Å². The first kappa shape index (κ1) is 11.9. The van der Waals surface area contributed by atoms with Gasteiger partial charge in [0.1, 0.15) is 0 Å². The van der Waals surface area contributed by atoms with Crippen molar-refractivity contribution in [1.82, 2.24) is 0 Å². The van der Waals surface area contributed by atoms with Crippen molar-refractivity contribution in [3.8, 4) is 11.1 Å². The molecule has 86 valence electrons. The molecule has 0 unspecified atom stereocenters. The first-order chi connectivity index (χ1) is 8.11. The molecule has 0 saturated carbocycles. The molecule has 17 heavy (non-hydrogen) atoms. The molecule has 2 heteroatoms.